The number of amides is 1. The summed E-state index contributed by atoms with van der Waals surface area (Å²) in [5.41, 5.74) is 6.25. The van der Waals surface area contributed by atoms with Gasteiger partial charge in [-0.15, -0.1) is 0 Å². The number of benzene rings is 1. The maximum Gasteiger partial charge on any atom is 0.405 e. The van der Waals surface area contributed by atoms with Gasteiger partial charge in [0.1, 0.15) is 12.3 Å². The molecular formula is C11H12BrF3N2O2. The van der Waals surface area contributed by atoms with E-state index in [-0.39, 0.29) is 6.54 Å². The Kier molecular flexibility index (Phi) is 5.61. The van der Waals surface area contributed by atoms with Crippen LogP contribution in [0.15, 0.2) is 22.7 Å². The van der Waals surface area contributed by atoms with Gasteiger partial charge in [0.2, 0.25) is 0 Å². The lowest BCUT2D eigenvalue weighted by atomic mass is 10.2. The third kappa shape index (κ3) is 5.93. The molecule has 0 atom stereocenters. The number of nitrogens with two attached hydrogens (primary N) is 1. The largest absolute Gasteiger partial charge is 0.484 e. The van der Waals surface area contributed by atoms with Crippen LogP contribution in [0.1, 0.15) is 5.56 Å². The summed E-state index contributed by atoms with van der Waals surface area (Å²) in [5, 5.41) is 1.71. The highest BCUT2D eigenvalue weighted by Gasteiger charge is 2.27. The van der Waals surface area contributed by atoms with E-state index in [1.807, 2.05) is 0 Å². The molecule has 4 nitrogen and oxygen atoms in total. The van der Waals surface area contributed by atoms with Crippen LogP contribution in [0.25, 0.3) is 0 Å². The Balaban J connectivity index is 2.46. The summed E-state index contributed by atoms with van der Waals surface area (Å²) in [5.74, 6) is -0.472. The minimum absolute atomic E-state index is 0.276. The van der Waals surface area contributed by atoms with Crippen molar-refractivity contribution in [2.24, 2.45) is 5.73 Å². The summed E-state index contributed by atoms with van der Waals surface area (Å²) in [7, 11) is 0. The van der Waals surface area contributed by atoms with Crippen LogP contribution in [-0.4, -0.2) is 25.2 Å². The summed E-state index contributed by atoms with van der Waals surface area (Å²) >= 11 is 3.28. The van der Waals surface area contributed by atoms with Crippen molar-refractivity contribution in [1.29, 1.82) is 0 Å². The number of ether oxygens (including phenoxy) is 1. The topological polar surface area (TPSA) is 64.3 Å². The van der Waals surface area contributed by atoms with Crippen molar-refractivity contribution in [1.82, 2.24) is 5.32 Å². The molecule has 1 rings (SSSR count). The summed E-state index contributed by atoms with van der Waals surface area (Å²) in [6, 6.07) is 4.88. The Morgan fingerprint density at radius 2 is 2.11 bits per heavy atom. The van der Waals surface area contributed by atoms with Gasteiger partial charge in [0.05, 0.1) is 0 Å². The van der Waals surface area contributed by atoms with Crippen molar-refractivity contribution in [3.05, 3.63) is 28.2 Å². The van der Waals surface area contributed by atoms with Gasteiger partial charge >= 0.3 is 6.18 Å². The van der Waals surface area contributed by atoms with Crippen LogP contribution in [-0.2, 0) is 11.3 Å². The molecule has 0 aliphatic rings. The van der Waals surface area contributed by atoms with Gasteiger partial charge < -0.3 is 15.8 Å². The Morgan fingerprint density at radius 3 is 2.68 bits per heavy atom. The zero-order chi connectivity index (χ0) is 14.5. The van der Waals surface area contributed by atoms with E-state index in [0.717, 1.165) is 10.0 Å². The summed E-state index contributed by atoms with van der Waals surface area (Å²) < 4.78 is 41.4. The molecule has 0 bridgehead atoms. The van der Waals surface area contributed by atoms with E-state index >= 15 is 0 Å². The molecule has 0 aromatic heterocycles. The lowest BCUT2D eigenvalue weighted by Gasteiger charge is -2.10. The first kappa shape index (κ1) is 15.8. The molecule has 1 amide bonds. The Hall–Kier alpha value is -1.28. The van der Waals surface area contributed by atoms with Crippen molar-refractivity contribution >= 4 is 21.8 Å². The molecule has 19 heavy (non-hydrogen) atoms. The molecule has 3 N–H and O–H groups in total. The number of carbonyl (C=O) groups excluding carboxylic acids is 1. The summed E-state index contributed by atoms with van der Waals surface area (Å²) in [6.07, 6.45) is -4.43. The second kappa shape index (κ2) is 6.76. The fraction of sp³-hybridized carbons (Fsp3) is 0.364. The maximum absolute atomic E-state index is 11.8. The van der Waals surface area contributed by atoms with Crippen LogP contribution in [0.3, 0.4) is 0 Å². The maximum atomic E-state index is 11.8. The zero-order valence-corrected chi connectivity index (χ0v) is 11.3. The van der Waals surface area contributed by atoms with Crippen LogP contribution in [0.4, 0.5) is 13.2 Å². The van der Waals surface area contributed by atoms with Crippen LogP contribution in [0.2, 0.25) is 0 Å². The standard InChI is InChI=1S/C11H12BrF3N2O2/c12-9-2-1-8(3-7(9)4-16)19-5-10(18)17-6-11(13,14)15/h1-3H,4-6,16H2,(H,17,18). The first-order valence-electron chi connectivity index (χ1n) is 5.26. The Morgan fingerprint density at radius 1 is 1.42 bits per heavy atom. The van der Waals surface area contributed by atoms with E-state index in [1.54, 1.807) is 23.5 Å². The third-order valence-electron chi connectivity index (χ3n) is 2.09. The lowest BCUT2D eigenvalue weighted by Crippen LogP contribution is -2.36. The van der Waals surface area contributed by atoms with Crippen molar-refractivity contribution in [3.63, 3.8) is 0 Å². The van der Waals surface area contributed by atoms with Crippen molar-refractivity contribution < 1.29 is 22.7 Å². The number of hydrogen-bond donors (Lipinski definition) is 2. The Bertz CT molecular complexity index is 452. The number of carbonyl (C=O) groups is 1. The molecule has 0 saturated heterocycles. The van der Waals surface area contributed by atoms with Crippen LogP contribution < -0.4 is 15.8 Å². The van der Waals surface area contributed by atoms with E-state index in [4.69, 9.17) is 10.5 Å². The highest BCUT2D eigenvalue weighted by molar-refractivity contribution is 9.10. The second-order valence-electron chi connectivity index (χ2n) is 3.64. The molecule has 0 unspecified atom stereocenters. The molecule has 8 heteroatoms. The minimum atomic E-state index is -4.43. The van der Waals surface area contributed by atoms with Crippen LogP contribution in [0, 0.1) is 0 Å². The second-order valence-corrected chi connectivity index (χ2v) is 4.49. The van der Waals surface area contributed by atoms with E-state index in [1.165, 1.54) is 0 Å². The van der Waals surface area contributed by atoms with Gasteiger partial charge in [-0.25, -0.2) is 0 Å². The molecule has 1 aromatic carbocycles. The van der Waals surface area contributed by atoms with Gasteiger partial charge in [-0.3, -0.25) is 4.79 Å². The molecule has 106 valence electrons. The van der Waals surface area contributed by atoms with Gasteiger partial charge in [0, 0.05) is 11.0 Å². The molecule has 0 heterocycles. The first-order chi connectivity index (χ1) is 8.81. The molecule has 0 fully saturated rings. The van der Waals surface area contributed by atoms with Gasteiger partial charge in [-0.05, 0) is 23.8 Å². The number of nitrogens with one attached hydrogen (secondary N) is 1. The van der Waals surface area contributed by atoms with Gasteiger partial charge in [-0.1, -0.05) is 15.9 Å². The number of halogens is 4. The van der Waals surface area contributed by atoms with Gasteiger partial charge in [0.25, 0.3) is 5.91 Å². The van der Waals surface area contributed by atoms with E-state index < -0.39 is 25.2 Å². The summed E-state index contributed by atoms with van der Waals surface area (Å²) in [4.78, 5) is 11.1. The van der Waals surface area contributed by atoms with Crippen molar-refractivity contribution in [2.45, 2.75) is 12.7 Å². The first-order valence-corrected chi connectivity index (χ1v) is 6.06. The fourth-order valence-electron chi connectivity index (χ4n) is 1.20. The van der Waals surface area contributed by atoms with Gasteiger partial charge in [-0.2, -0.15) is 13.2 Å². The fourth-order valence-corrected chi connectivity index (χ4v) is 1.60. The van der Waals surface area contributed by atoms with Crippen LogP contribution >= 0.6 is 15.9 Å². The van der Waals surface area contributed by atoms with Crippen molar-refractivity contribution in [3.8, 4) is 5.75 Å². The van der Waals surface area contributed by atoms with Crippen molar-refractivity contribution in [2.75, 3.05) is 13.2 Å². The molecule has 0 aliphatic carbocycles. The predicted octanol–water partition coefficient (Wildman–Crippen LogP) is 1.97. The Labute approximate surface area is 116 Å². The lowest BCUT2D eigenvalue weighted by molar-refractivity contribution is -0.139. The molecule has 1 aromatic rings. The van der Waals surface area contributed by atoms with E-state index in [2.05, 4.69) is 15.9 Å². The smallest absolute Gasteiger partial charge is 0.405 e. The van der Waals surface area contributed by atoms with E-state index in [9.17, 15) is 18.0 Å². The van der Waals surface area contributed by atoms with Crippen LogP contribution in [0.5, 0.6) is 5.75 Å². The average molecular weight is 341 g/mol. The normalized spacial score (nSPS) is 11.2. The van der Waals surface area contributed by atoms with E-state index in [0.29, 0.717) is 5.75 Å². The molecular weight excluding hydrogens is 329 g/mol. The number of hydrogen-bond acceptors (Lipinski definition) is 3. The van der Waals surface area contributed by atoms with Gasteiger partial charge in [0.15, 0.2) is 6.61 Å². The third-order valence-corrected chi connectivity index (χ3v) is 2.87. The molecule has 0 spiro atoms. The summed E-state index contributed by atoms with van der Waals surface area (Å²) in [6.45, 7) is -1.58. The monoisotopic (exact) mass is 340 g/mol. The quantitative estimate of drug-likeness (QED) is 0.861. The predicted molar refractivity (Wildman–Crippen MR) is 66.6 cm³/mol. The zero-order valence-electron chi connectivity index (χ0n) is 9.76. The molecule has 0 aliphatic heterocycles. The highest BCUT2D eigenvalue weighted by Crippen LogP contribution is 2.22. The number of alkyl halides is 3. The minimum Gasteiger partial charge on any atom is -0.484 e. The molecule has 0 radical (unpaired) electrons. The number of rotatable bonds is 5. The SMILES string of the molecule is NCc1cc(OCC(=O)NCC(F)(F)F)ccc1Br. The highest BCUT2D eigenvalue weighted by atomic mass is 79.9. The molecule has 0 saturated carbocycles. The average Bonchev–Trinajstić information content (AvgIpc) is 2.34.